The molecule has 4 nitrogen and oxygen atoms in total. The van der Waals surface area contributed by atoms with Crippen LogP contribution in [0.4, 0.5) is 0 Å². The van der Waals surface area contributed by atoms with Gasteiger partial charge in [0, 0.05) is 0 Å². The third-order valence-corrected chi connectivity index (χ3v) is 3.18. The van der Waals surface area contributed by atoms with Gasteiger partial charge in [0.25, 0.3) is 0 Å². The molecule has 0 heterocycles. The van der Waals surface area contributed by atoms with Crippen LogP contribution in [0.5, 0.6) is 0 Å². The van der Waals surface area contributed by atoms with Gasteiger partial charge in [-0.25, -0.2) is 0 Å². The van der Waals surface area contributed by atoms with Crippen LogP contribution >= 0.6 is 0 Å². The Morgan fingerprint density at radius 1 is 1.67 bits per heavy atom. The molecule has 0 aromatic heterocycles. The number of oxime groups is 1. The standard InChI is InChI=1S/C8H11NO3/c10-7(11)8-2-1-5(4-8)3-6(8)9-12/h5,12H,1-4H2,(H,10,11)/b9-6-/t5-,8-/m1/s1. The Labute approximate surface area is 69.9 Å². The number of nitrogens with zero attached hydrogens (tertiary/aromatic N) is 1. The van der Waals surface area contributed by atoms with Crippen molar-refractivity contribution in [3.63, 3.8) is 0 Å². The molecule has 0 radical (unpaired) electrons. The third kappa shape index (κ3) is 0.722. The molecule has 2 fully saturated rings. The van der Waals surface area contributed by atoms with Crippen molar-refractivity contribution >= 4 is 11.7 Å². The average molecular weight is 169 g/mol. The normalized spacial score (nSPS) is 42.3. The summed E-state index contributed by atoms with van der Waals surface area (Å²) in [5, 5.41) is 20.7. The summed E-state index contributed by atoms with van der Waals surface area (Å²) >= 11 is 0. The topological polar surface area (TPSA) is 69.9 Å². The van der Waals surface area contributed by atoms with Crippen LogP contribution in [0, 0.1) is 11.3 Å². The average Bonchev–Trinajstić information content (AvgIpc) is 2.60. The minimum Gasteiger partial charge on any atom is -0.481 e. The lowest BCUT2D eigenvalue weighted by Crippen LogP contribution is -2.34. The van der Waals surface area contributed by atoms with Gasteiger partial charge in [0.2, 0.25) is 0 Å². The molecule has 2 atom stereocenters. The van der Waals surface area contributed by atoms with Gasteiger partial charge in [-0.15, -0.1) is 0 Å². The number of carbonyl (C=O) groups is 1. The largest absolute Gasteiger partial charge is 0.481 e. The first-order chi connectivity index (χ1) is 5.69. The molecule has 2 aliphatic carbocycles. The number of hydrogen-bond acceptors (Lipinski definition) is 3. The fraction of sp³-hybridized carbons (Fsp3) is 0.750. The molecule has 4 heteroatoms. The van der Waals surface area contributed by atoms with Gasteiger partial charge >= 0.3 is 5.97 Å². The zero-order valence-corrected chi connectivity index (χ0v) is 6.66. The van der Waals surface area contributed by atoms with Crippen LogP contribution in [0.3, 0.4) is 0 Å². The first-order valence-electron chi connectivity index (χ1n) is 4.14. The maximum absolute atomic E-state index is 11.0. The Bertz CT molecular complexity index is 261. The quantitative estimate of drug-likeness (QED) is 0.456. The van der Waals surface area contributed by atoms with Crippen molar-refractivity contribution in [3.8, 4) is 0 Å². The van der Waals surface area contributed by atoms with E-state index in [0.717, 1.165) is 6.42 Å². The fourth-order valence-electron chi connectivity index (χ4n) is 2.51. The molecular formula is C8H11NO3. The highest BCUT2D eigenvalue weighted by Crippen LogP contribution is 2.52. The van der Waals surface area contributed by atoms with E-state index in [0.29, 0.717) is 30.9 Å². The van der Waals surface area contributed by atoms with Crippen molar-refractivity contribution < 1.29 is 15.1 Å². The first-order valence-corrected chi connectivity index (χ1v) is 4.14. The minimum atomic E-state index is -0.824. The van der Waals surface area contributed by atoms with Crippen LogP contribution in [0.25, 0.3) is 0 Å². The highest BCUT2D eigenvalue weighted by Gasteiger charge is 2.55. The van der Waals surface area contributed by atoms with Crippen LogP contribution in [-0.4, -0.2) is 22.0 Å². The van der Waals surface area contributed by atoms with E-state index < -0.39 is 11.4 Å². The van der Waals surface area contributed by atoms with E-state index in [9.17, 15) is 4.79 Å². The molecule has 0 aliphatic heterocycles. The molecule has 0 aromatic carbocycles. The molecule has 2 bridgehead atoms. The number of carboxylic acid groups (broad SMARTS) is 1. The van der Waals surface area contributed by atoms with E-state index in [1.54, 1.807) is 0 Å². The summed E-state index contributed by atoms with van der Waals surface area (Å²) in [6.07, 6.45) is 2.95. The minimum absolute atomic E-state index is 0.437. The summed E-state index contributed by atoms with van der Waals surface area (Å²) in [7, 11) is 0. The molecule has 0 aromatic rings. The lowest BCUT2D eigenvalue weighted by Gasteiger charge is -2.21. The molecule has 2 rings (SSSR count). The summed E-state index contributed by atoms with van der Waals surface area (Å²) in [6, 6.07) is 0. The molecular weight excluding hydrogens is 158 g/mol. The molecule has 0 saturated heterocycles. The van der Waals surface area contributed by atoms with Gasteiger partial charge in [-0.05, 0) is 31.6 Å². The second-order valence-electron chi connectivity index (χ2n) is 3.75. The Balaban J connectivity index is 2.39. The molecule has 0 unspecified atom stereocenters. The molecule has 0 spiro atoms. The molecule has 2 aliphatic rings. The van der Waals surface area contributed by atoms with Gasteiger partial charge in [0.15, 0.2) is 0 Å². The predicted molar refractivity (Wildman–Crippen MR) is 41.2 cm³/mol. The van der Waals surface area contributed by atoms with Crippen molar-refractivity contribution in [2.45, 2.75) is 25.7 Å². The van der Waals surface area contributed by atoms with E-state index >= 15 is 0 Å². The van der Waals surface area contributed by atoms with Crippen LogP contribution < -0.4 is 0 Å². The zero-order valence-electron chi connectivity index (χ0n) is 6.66. The smallest absolute Gasteiger partial charge is 0.315 e. The van der Waals surface area contributed by atoms with Crippen molar-refractivity contribution in [1.82, 2.24) is 0 Å². The lowest BCUT2D eigenvalue weighted by atomic mass is 9.83. The summed E-state index contributed by atoms with van der Waals surface area (Å²) in [5.74, 6) is -0.387. The number of aliphatic carboxylic acids is 1. The maximum atomic E-state index is 11.0. The maximum Gasteiger partial charge on any atom is 0.315 e. The van der Waals surface area contributed by atoms with Crippen molar-refractivity contribution in [2.75, 3.05) is 0 Å². The van der Waals surface area contributed by atoms with E-state index in [4.69, 9.17) is 10.3 Å². The highest BCUT2D eigenvalue weighted by atomic mass is 16.4. The van der Waals surface area contributed by atoms with Crippen molar-refractivity contribution in [3.05, 3.63) is 0 Å². The Morgan fingerprint density at radius 2 is 2.42 bits per heavy atom. The second-order valence-corrected chi connectivity index (χ2v) is 3.75. The molecule has 0 amide bonds. The molecule has 66 valence electrons. The lowest BCUT2D eigenvalue weighted by molar-refractivity contribution is -0.144. The number of rotatable bonds is 1. The molecule has 2 N–H and O–H groups in total. The van der Waals surface area contributed by atoms with E-state index in [-0.39, 0.29) is 0 Å². The van der Waals surface area contributed by atoms with Gasteiger partial charge in [0.05, 0.1) is 5.71 Å². The van der Waals surface area contributed by atoms with Gasteiger partial charge in [-0.2, -0.15) is 0 Å². The number of fused-ring (bicyclic) bond motifs is 2. The molecule has 2 saturated carbocycles. The van der Waals surface area contributed by atoms with Crippen molar-refractivity contribution in [2.24, 2.45) is 16.5 Å². The Hall–Kier alpha value is -1.06. The number of hydrogen-bond donors (Lipinski definition) is 2. The third-order valence-electron chi connectivity index (χ3n) is 3.18. The zero-order chi connectivity index (χ0) is 8.77. The monoisotopic (exact) mass is 169 g/mol. The summed E-state index contributed by atoms with van der Waals surface area (Å²) in [6.45, 7) is 0. The van der Waals surface area contributed by atoms with Gasteiger partial charge in [-0.3, -0.25) is 4.79 Å². The van der Waals surface area contributed by atoms with E-state index in [1.807, 2.05) is 0 Å². The summed E-state index contributed by atoms with van der Waals surface area (Å²) in [5.41, 5.74) is -0.328. The van der Waals surface area contributed by atoms with E-state index in [2.05, 4.69) is 5.16 Å². The van der Waals surface area contributed by atoms with Crippen LogP contribution in [0.15, 0.2) is 5.16 Å². The van der Waals surface area contributed by atoms with Crippen LogP contribution in [-0.2, 0) is 4.79 Å². The van der Waals surface area contributed by atoms with Crippen LogP contribution in [0.1, 0.15) is 25.7 Å². The van der Waals surface area contributed by atoms with Gasteiger partial charge < -0.3 is 10.3 Å². The van der Waals surface area contributed by atoms with E-state index in [1.165, 1.54) is 0 Å². The van der Waals surface area contributed by atoms with Gasteiger partial charge in [0.1, 0.15) is 5.41 Å². The highest BCUT2D eigenvalue weighted by molar-refractivity contribution is 6.08. The summed E-state index contributed by atoms with van der Waals surface area (Å²) in [4.78, 5) is 11.0. The number of carboxylic acids is 1. The summed E-state index contributed by atoms with van der Waals surface area (Å²) < 4.78 is 0. The van der Waals surface area contributed by atoms with Gasteiger partial charge in [-0.1, -0.05) is 5.16 Å². The Kier molecular flexibility index (Phi) is 1.40. The van der Waals surface area contributed by atoms with Crippen molar-refractivity contribution in [1.29, 1.82) is 0 Å². The Morgan fingerprint density at radius 3 is 2.83 bits per heavy atom. The predicted octanol–water partition coefficient (Wildman–Crippen LogP) is 1.09. The second kappa shape index (κ2) is 2.21. The molecule has 12 heavy (non-hydrogen) atoms. The SMILES string of the molecule is O=C(O)[C@@]12CC[C@H](C/C1=N/O)C2. The fourth-order valence-corrected chi connectivity index (χ4v) is 2.51. The van der Waals surface area contributed by atoms with Crippen LogP contribution in [0.2, 0.25) is 0 Å². The first kappa shape index (κ1) is 7.58.